The summed E-state index contributed by atoms with van der Waals surface area (Å²) in [6.07, 6.45) is 2.86. The number of methoxy groups -OCH3 is 2. The second-order valence-corrected chi connectivity index (χ2v) is 40.6. The van der Waals surface area contributed by atoms with Gasteiger partial charge in [0.1, 0.15) is 82.7 Å². The van der Waals surface area contributed by atoms with Crippen molar-refractivity contribution in [3.05, 3.63) is 184 Å². The lowest BCUT2D eigenvalue weighted by atomic mass is 9.83. The molecule has 135 heavy (non-hydrogen) atoms. The van der Waals surface area contributed by atoms with Crippen LogP contribution in [0.3, 0.4) is 0 Å². The van der Waals surface area contributed by atoms with E-state index in [0.717, 1.165) is 54.5 Å². The van der Waals surface area contributed by atoms with Crippen molar-refractivity contribution in [2.24, 2.45) is 29.2 Å². The highest BCUT2D eigenvalue weighted by Gasteiger charge is 2.65. The zero-order valence-electron chi connectivity index (χ0n) is 77.0. The summed E-state index contributed by atoms with van der Waals surface area (Å²) in [5, 5.41) is 46.6. The van der Waals surface area contributed by atoms with E-state index in [4.69, 9.17) is 46.8 Å². The van der Waals surface area contributed by atoms with Crippen molar-refractivity contribution in [1.82, 2.24) is 57.4 Å². The van der Waals surface area contributed by atoms with Gasteiger partial charge in [0.15, 0.2) is 11.5 Å². The molecule has 0 spiro atoms. The number of primary amides is 1. The topological polar surface area (TPSA) is 498 Å². The van der Waals surface area contributed by atoms with Crippen LogP contribution in [-0.2, 0) is 109 Å². The summed E-state index contributed by atoms with van der Waals surface area (Å²) in [7, 11) is 10.4. The van der Waals surface area contributed by atoms with E-state index < -0.39 is 192 Å². The number of rotatable bonds is 31. The number of hydrogen-bond donors (Lipinski definition) is 14. The van der Waals surface area contributed by atoms with Crippen LogP contribution in [0, 0.1) is 17.8 Å². The van der Waals surface area contributed by atoms with Crippen molar-refractivity contribution < 1.29 is 96.2 Å². The number of hydrogen-bond acceptors (Lipinski definition) is 25. The minimum atomic E-state index is -1.94. The highest BCUT2D eigenvalue weighted by atomic mass is 35.5. The Bertz CT molecular complexity index is 5480. The number of ether oxygens (including phenoxy) is 5. The molecule has 726 valence electrons. The molecule has 3 saturated heterocycles. The number of carbonyl (C=O) groups is 13. The average Bonchev–Trinajstić information content (AvgIpc) is 1.57. The third kappa shape index (κ3) is 28.1. The summed E-state index contributed by atoms with van der Waals surface area (Å²) in [6, 6.07) is 21.9. The first-order valence-electron chi connectivity index (χ1n) is 44.9. The number of nitrogens with zero attached hydrogens (tertiary/aromatic N) is 2. The number of anilines is 1. The first-order valence-corrected chi connectivity index (χ1v) is 50.2. The Labute approximate surface area is 804 Å². The van der Waals surface area contributed by atoms with E-state index in [1.54, 1.807) is 107 Å². The second kappa shape index (κ2) is 48.6. The molecular weight excluding hydrogens is 1830 g/mol. The van der Waals surface area contributed by atoms with Crippen LogP contribution in [0.2, 0.25) is 5.02 Å². The molecule has 0 saturated carbocycles. The van der Waals surface area contributed by atoms with Gasteiger partial charge in [-0.25, -0.2) is 9.59 Å². The number of unbranched alkanes of at least 4 members (excludes halogenated alkanes) is 1. The SMILES string of the molecule is COc1cc2cc(c1Cl)N(C)C(=O)C[C@H](OC(=O)[C@H](C)N(C)C(=O)CCSSCCC(=O)N[C@H](Cc1ccccc1)C(=O)N[C@H]1CSSC[C@@H](C(=O)N[C@@H](Cc3c[nH]c4ccccc34)C(N)=O)NC(=O)[C@H](C(C)C)NC(=O)[C@H](CCCCN)NC(=O)[C@@H](Cc3c[nH]c4ccccc34)NC(=O)[C@H](Cc3ccc(O)cc3)CC1=O)[C@]1(C)O[C@H]1[C@H](C)[C@@H]1C[C@@](O)(NC(=O)O1)[C@H](OC)/C=C/C=C(\C)C2. The van der Waals surface area contributed by atoms with Gasteiger partial charge in [-0.1, -0.05) is 178 Å². The number of nitrogens with two attached hydrogens (primary N) is 2. The summed E-state index contributed by atoms with van der Waals surface area (Å²) in [5.41, 5.74) is 14.4. The van der Waals surface area contributed by atoms with Gasteiger partial charge in [0.25, 0.3) is 0 Å². The standard InChI is InChI=1S/C96H121ClN14O20S4/c1-53(2)84-92(123)107-73(91(122)104-69(86(99)117)44-61-49-100-66-26-16-14-24-64(61)66)52-135-134-51-72(75(113)46-60(40-58-30-32-63(112)33-31-58)87(118)105-71(45-62-50-101-67-27-17-15-25-65(62)67)90(121)103-68(88(119)108-84)28-18-19-36-98)106-89(120)70(41-57-22-12-11-13-23-57)102-80(114)34-37-132-133-38-35-81(115)110(7)56(5)93(124)130-79-47-82(116)111(8)74-42-59(43-76(127-9)83(74)97)39-54(3)21-20-29-78(128-10)96(126)48-77(129-94(125)109-96)55(4)85-95(79,6)131-85/h11-17,20-27,29-33,42-43,49-50,53,55-56,60,68-73,77-79,84-85,100-101,112,126H,18-19,28,34-41,44-48,51-52,98H2,1-10H3,(H2,99,117)(H,102,114)(H,103,121)(H,104,122)(H,105,118)(H,106,120)(H,107,123)(H,108,119)(H,109,125)/b29-20+,54-21+/t55-,56+,60-,68+,69+,70-,71-,72+,73+,77+,78-,79+,84+,85+,95+,96+/m1/s1. The molecule has 6 heterocycles. The number of Topliss-reactive ketones (excluding diaryl/α,β-unsaturated/α-hetero) is 1. The van der Waals surface area contributed by atoms with Gasteiger partial charge in [0, 0.05) is 135 Å². The number of halogens is 1. The summed E-state index contributed by atoms with van der Waals surface area (Å²) in [6.45, 7) is 10.4. The fraction of sp³-hybridized carbons (Fsp3) is 0.469. The number of esters is 1. The molecule has 7 aromatic rings. The number of phenolic OH excluding ortho intramolecular Hbond substituents is 1. The number of aliphatic hydroxyl groups is 1. The molecule has 4 aliphatic heterocycles. The molecule has 11 amide bonds. The number of epoxide rings is 1. The molecule has 4 aliphatic rings. The molecule has 16 atom stereocenters. The van der Waals surface area contributed by atoms with Crippen molar-refractivity contribution in [3.8, 4) is 11.5 Å². The summed E-state index contributed by atoms with van der Waals surface area (Å²) in [5.74, 6) is -11.3. The Balaban J connectivity index is 0.801. The van der Waals surface area contributed by atoms with Gasteiger partial charge in [-0.2, -0.15) is 0 Å². The predicted octanol–water partition coefficient (Wildman–Crippen LogP) is 7.95. The number of likely N-dealkylation sites (N-methyl/N-ethyl adjacent to an activating group) is 1. The molecule has 11 rings (SSSR count). The number of phenols is 1. The number of ketones is 1. The molecule has 5 aromatic carbocycles. The second-order valence-electron chi connectivity index (χ2n) is 35.0. The summed E-state index contributed by atoms with van der Waals surface area (Å²) >= 11 is 6.92. The largest absolute Gasteiger partial charge is 0.508 e. The number of benzene rings is 5. The van der Waals surface area contributed by atoms with Crippen LogP contribution >= 0.6 is 54.8 Å². The normalized spacial score (nSPS) is 24.9. The highest BCUT2D eigenvalue weighted by Crippen LogP contribution is 2.50. The highest BCUT2D eigenvalue weighted by molar-refractivity contribution is 8.77. The van der Waals surface area contributed by atoms with E-state index in [2.05, 4.69) is 52.5 Å². The van der Waals surface area contributed by atoms with Crippen molar-refractivity contribution in [1.29, 1.82) is 0 Å². The summed E-state index contributed by atoms with van der Waals surface area (Å²) < 4.78 is 29.8. The molecule has 0 unspecified atom stereocenters. The fourth-order valence-corrected chi connectivity index (χ4v) is 21.3. The number of aromatic amines is 2. The molecule has 3 fully saturated rings. The van der Waals surface area contributed by atoms with Crippen LogP contribution in [0.1, 0.15) is 121 Å². The quantitative estimate of drug-likeness (QED) is 0.00848. The van der Waals surface area contributed by atoms with E-state index in [1.807, 2.05) is 61.5 Å². The Morgan fingerprint density at radius 3 is 2.08 bits per heavy atom. The maximum atomic E-state index is 15.7. The maximum absolute atomic E-state index is 15.7. The number of nitrogens with one attached hydrogen (secondary N) is 10. The minimum Gasteiger partial charge on any atom is -0.508 e. The third-order valence-electron chi connectivity index (χ3n) is 24.8. The zero-order chi connectivity index (χ0) is 97.5. The predicted molar refractivity (Wildman–Crippen MR) is 520 cm³/mol. The molecule has 39 heteroatoms. The molecule has 4 bridgehead atoms. The average molecular weight is 1950 g/mol. The van der Waals surface area contributed by atoms with Crippen molar-refractivity contribution in [2.45, 2.75) is 209 Å². The Hall–Kier alpha value is -11.1. The Morgan fingerprint density at radius 2 is 1.41 bits per heavy atom. The van der Waals surface area contributed by atoms with Gasteiger partial charge in [0.2, 0.25) is 59.1 Å². The van der Waals surface area contributed by atoms with Gasteiger partial charge in [-0.05, 0) is 130 Å². The van der Waals surface area contributed by atoms with Crippen LogP contribution in [0.25, 0.3) is 21.8 Å². The third-order valence-corrected chi connectivity index (χ3v) is 30.0. The smallest absolute Gasteiger partial charge is 0.409 e. The van der Waals surface area contributed by atoms with Crippen LogP contribution in [0.15, 0.2) is 151 Å². The molecule has 34 nitrogen and oxygen atoms in total. The fourth-order valence-electron chi connectivity index (χ4n) is 16.7. The van der Waals surface area contributed by atoms with Gasteiger partial charge in [-0.3, -0.25) is 58.1 Å². The number of allylic oxidation sites excluding steroid dienone is 3. The van der Waals surface area contributed by atoms with Crippen molar-refractivity contribution in [3.63, 3.8) is 0 Å². The van der Waals surface area contributed by atoms with Gasteiger partial charge in [-0.15, -0.1) is 0 Å². The number of aromatic nitrogens is 2. The lowest BCUT2D eigenvalue weighted by molar-refractivity contribution is -0.162. The van der Waals surface area contributed by atoms with Crippen molar-refractivity contribution in [2.75, 3.05) is 62.8 Å². The van der Waals surface area contributed by atoms with Gasteiger partial charge < -0.3 is 102 Å². The van der Waals surface area contributed by atoms with Gasteiger partial charge in [0.05, 0.1) is 31.4 Å². The van der Waals surface area contributed by atoms with Crippen LogP contribution in [0.5, 0.6) is 11.5 Å². The van der Waals surface area contributed by atoms with Crippen LogP contribution < -0.4 is 63.6 Å². The van der Waals surface area contributed by atoms with E-state index in [0.29, 0.717) is 53.0 Å². The Kier molecular flexibility index (Phi) is 37.6. The number of carbonyl (C=O) groups excluding carboxylic acids is 13. The Morgan fingerprint density at radius 1 is 0.756 bits per heavy atom. The molecule has 0 aliphatic carbocycles. The molecule has 16 N–H and O–H groups in total. The van der Waals surface area contributed by atoms with Crippen LogP contribution in [0.4, 0.5) is 10.5 Å². The monoisotopic (exact) mass is 1950 g/mol. The summed E-state index contributed by atoms with van der Waals surface area (Å²) in [4.78, 5) is 200. The molecule has 2 aromatic heterocycles. The van der Waals surface area contributed by atoms with Gasteiger partial charge >= 0.3 is 12.1 Å². The number of para-hydroxylation sites is 2. The van der Waals surface area contributed by atoms with E-state index in [-0.39, 0.29) is 91.7 Å². The maximum Gasteiger partial charge on any atom is 0.409 e. The lowest BCUT2D eigenvalue weighted by Crippen LogP contribution is -2.63. The number of alkyl carbamates (subject to hydrolysis) is 1. The minimum absolute atomic E-state index is 0.0298. The number of aromatic hydroxyl groups is 1. The van der Waals surface area contributed by atoms with E-state index in [9.17, 15) is 53.4 Å². The number of amides is 11. The van der Waals surface area contributed by atoms with E-state index >= 15 is 19.2 Å². The van der Waals surface area contributed by atoms with E-state index in [1.165, 1.54) is 78.8 Å². The molecular formula is C96H121ClN14O20S4. The lowest BCUT2D eigenvalue weighted by Gasteiger charge is -2.42. The number of H-pyrrole nitrogens is 2. The van der Waals surface area contributed by atoms with Crippen molar-refractivity contribution >= 4 is 159 Å². The molecule has 0 radical (unpaired) electrons. The first-order chi connectivity index (χ1) is 64.5. The van der Waals surface area contributed by atoms with Crippen LogP contribution in [-0.4, -0.2) is 244 Å². The number of fused-ring (bicyclic) bond motifs is 7. The first kappa shape index (κ1) is 104. The zero-order valence-corrected chi connectivity index (χ0v) is 81.1.